The number of hydrogen-bond acceptors (Lipinski definition) is 5. The van der Waals surface area contributed by atoms with E-state index in [1.807, 2.05) is 0 Å². The molecule has 1 aliphatic rings. The predicted octanol–water partition coefficient (Wildman–Crippen LogP) is 1.99. The van der Waals surface area contributed by atoms with Crippen LogP contribution in [0, 0.1) is 11.8 Å². The standard InChI is InChI=1S/C13H23N3O2/c1-8(2)9-3-5-10(6-4-9)12-15-13(18-16-12)11(17)7-14/h8-11,17H,3-7,14H2,1-2H3. The number of aromatic nitrogens is 2. The lowest BCUT2D eigenvalue weighted by Crippen LogP contribution is -2.18. The van der Waals surface area contributed by atoms with Gasteiger partial charge in [0, 0.05) is 12.5 Å². The second-order valence-corrected chi connectivity index (χ2v) is 5.60. The third kappa shape index (κ3) is 2.90. The smallest absolute Gasteiger partial charge is 0.256 e. The Morgan fingerprint density at radius 3 is 2.56 bits per heavy atom. The molecule has 1 aromatic rings. The second kappa shape index (κ2) is 5.80. The van der Waals surface area contributed by atoms with Crippen molar-refractivity contribution >= 4 is 0 Å². The summed E-state index contributed by atoms with van der Waals surface area (Å²) in [6.07, 6.45) is 3.84. The topological polar surface area (TPSA) is 85.2 Å². The summed E-state index contributed by atoms with van der Waals surface area (Å²) in [6, 6.07) is 0. The lowest BCUT2D eigenvalue weighted by atomic mass is 9.77. The van der Waals surface area contributed by atoms with Crippen LogP contribution in [0.4, 0.5) is 0 Å². The Morgan fingerprint density at radius 1 is 1.33 bits per heavy atom. The van der Waals surface area contributed by atoms with Gasteiger partial charge in [0.05, 0.1) is 0 Å². The van der Waals surface area contributed by atoms with E-state index < -0.39 is 6.10 Å². The van der Waals surface area contributed by atoms with Gasteiger partial charge < -0.3 is 15.4 Å². The molecule has 0 saturated heterocycles. The zero-order valence-electron chi connectivity index (χ0n) is 11.2. The Labute approximate surface area is 108 Å². The van der Waals surface area contributed by atoms with Gasteiger partial charge in [-0.2, -0.15) is 4.98 Å². The molecule has 1 unspecified atom stereocenters. The van der Waals surface area contributed by atoms with Gasteiger partial charge in [0.2, 0.25) is 0 Å². The maximum Gasteiger partial charge on any atom is 0.256 e. The normalized spacial score (nSPS) is 26.5. The second-order valence-electron chi connectivity index (χ2n) is 5.60. The van der Waals surface area contributed by atoms with Crippen LogP contribution in [-0.2, 0) is 0 Å². The van der Waals surface area contributed by atoms with Crippen molar-refractivity contribution < 1.29 is 9.63 Å². The summed E-state index contributed by atoms with van der Waals surface area (Å²) >= 11 is 0. The number of aliphatic hydroxyl groups is 1. The maximum atomic E-state index is 9.53. The summed E-state index contributed by atoms with van der Waals surface area (Å²) in [5.41, 5.74) is 5.37. The molecule has 1 saturated carbocycles. The van der Waals surface area contributed by atoms with Crippen LogP contribution in [0.3, 0.4) is 0 Å². The molecule has 102 valence electrons. The first-order valence-corrected chi connectivity index (χ1v) is 6.83. The van der Waals surface area contributed by atoms with Crippen molar-refractivity contribution in [2.45, 2.75) is 51.6 Å². The van der Waals surface area contributed by atoms with Gasteiger partial charge in [-0.25, -0.2) is 0 Å². The van der Waals surface area contributed by atoms with E-state index in [1.54, 1.807) is 0 Å². The molecule has 5 nitrogen and oxygen atoms in total. The van der Waals surface area contributed by atoms with Gasteiger partial charge in [-0.1, -0.05) is 19.0 Å². The van der Waals surface area contributed by atoms with Crippen LogP contribution in [0.1, 0.15) is 63.3 Å². The lowest BCUT2D eigenvalue weighted by Gasteiger charge is -2.29. The predicted molar refractivity (Wildman–Crippen MR) is 67.8 cm³/mol. The highest BCUT2D eigenvalue weighted by molar-refractivity contribution is 4.99. The first kappa shape index (κ1) is 13.5. The molecule has 1 aromatic heterocycles. The Balaban J connectivity index is 1.95. The SMILES string of the molecule is CC(C)C1CCC(c2noc(C(O)CN)n2)CC1. The Bertz CT molecular complexity index is 370. The molecular weight excluding hydrogens is 230 g/mol. The summed E-state index contributed by atoms with van der Waals surface area (Å²) in [4.78, 5) is 4.27. The van der Waals surface area contributed by atoms with Crippen LogP contribution in [-0.4, -0.2) is 21.8 Å². The minimum Gasteiger partial charge on any atom is -0.382 e. The molecule has 18 heavy (non-hydrogen) atoms. The highest BCUT2D eigenvalue weighted by Gasteiger charge is 2.27. The van der Waals surface area contributed by atoms with E-state index in [4.69, 9.17) is 10.3 Å². The minimum absolute atomic E-state index is 0.113. The fourth-order valence-electron chi connectivity index (χ4n) is 2.69. The third-order valence-corrected chi connectivity index (χ3v) is 4.05. The Hall–Kier alpha value is -0.940. The van der Waals surface area contributed by atoms with Gasteiger partial charge >= 0.3 is 0 Å². The number of aliphatic hydroxyl groups excluding tert-OH is 1. The molecule has 1 fully saturated rings. The summed E-state index contributed by atoms with van der Waals surface area (Å²) in [5, 5.41) is 13.5. The minimum atomic E-state index is -0.835. The molecule has 0 radical (unpaired) electrons. The van der Waals surface area contributed by atoms with E-state index in [-0.39, 0.29) is 12.4 Å². The number of hydrogen-bond donors (Lipinski definition) is 2. The van der Waals surface area contributed by atoms with E-state index in [9.17, 15) is 5.11 Å². The molecule has 0 amide bonds. The third-order valence-electron chi connectivity index (χ3n) is 4.05. The van der Waals surface area contributed by atoms with Gasteiger partial charge in [-0.3, -0.25) is 0 Å². The van der Waals surface area contributed by atoms with Gasteiger partial charge in [0.25, 0.3) is 5.89 Å². The highest BCUT2D eigenvalue weighted by Crippen LogP contribution is 2.37. The first-order chi connectivity index (χ1) is 8.61. The molecular formula is C13H23N3O2. The van der Waals surface area contributed by atoms with Crippen molar-refractivity contribution in [2.24, 2.45) is 17.6 Å². The zero-order chi connectivity index (χ0) is 13.1. The van der Waals surface area contributed by atoms with Gasteiger partial charge in [0.1, 0.15) is 6.10 Å². The fraction of sp³-hybridized carbons (Fsp3) is 0.846. The largest absolute Gasteiger partial charge is 0.382 e. The van der Waals surface area contributed by atoms with E-state index >= 15 is 0 Å². The van der Waals surface area contributed by atoms with Crippen molar-refractivity contribution in [1.29, 1.82) is 0 Å². The molecule has 5 heteroatoms. The number of nitrogens with zero attached hydrogens (tertiary/aromatic N) is 2. The van der Waals surface area contributed by atoms with Crippen molar-refractivity contribution in [3.8, 4) is 0 Å². The Morgan fingerprint density at radius 2 is 2.00 bits per heavy atom. The van der Waals surface area contributed by atoms with E-state index in [2.05, 4.69) is 24.0 Å². The average molecular weight is 253 g/mol. The molecule has 0 aromatic carbocycles. The fourth-order valence-corrected chi connectivity index (χ4v) is 2.69. The van der Waals surface area contributed by atoms with Crippen LogP contribution in [0.25, 0.3) is 0 Å². The summed E-state index contributed by atoms with van der Waals surface area (Å²) in [6.45, 7) is 4.69. The molecule has 0 spiro atoms. The van der Waals surface area contributed by atoms with Crippen LogP contribution in [0.2, 0.25) is 0 Å². The highest BCUT2D eigenvalue weighted by atomic mass is 16.5. The van der Waals surface area contributed by atoms with Crippen LogP contribution >= 0.6 is 0 Å². The molecule has 3 N–H and O–H groups in total. The summed E-state index contributed by atoms with van der Waals surface area (Å²) in [7, 11) is 0. The summed E-state index contributed by atoms with van der Waals surface area (Å²) in [5.74, 6) is 2.94. The van der Waals surface area contributed by atoms with Gasteiger partial charge in [-0.05, 0) is 37.5 Å². The van der Waals surface area contributed by atoms with Crippen LogP contribution in [0.15, 0.2) is 4.52 Å². The van der Waals surface area contributed by atoms with Gasteiger partial charge in [-0.15, -0.1) is 0 Å². The summed E-state index contributed by atoms with van der Waals surface area (Å²) < 4.78 is 5.05. The number of nitrogens with two attached hydrogens (primary N) is 1. The quantitative estimate of drug-likeness (QED) is 0.857. The Kier molecular flexibility index (Phi) is 4.35. The molecule has 0 bridgehead atoms. The van der Waals surface area contributed by atoms with E-state index in [1.165, 1.54) is 12.8 Å². The lowest BCUT2D eigenvalue weighted by molar-refractivity contribution is 0.141. The van der Waals surface area contributed by atoms with Crippen molar-refractivity contribution in [3.05, 3.63) is 11.7 Å². The van der Waals surface area contributed by atoms with E-state index in [0.717, 1.165) is 30.5 Å². The van der Waals surface area contributed by atoms with Crippen LogP contribution in [0.5, 0.6) is 0 Å². The van der Waals surface area contributed by atoms with Gasteiger partial charge in [0.15, 0.2) is 5.82 Å². The van der Waals surface area contributed by atoms with Crippen molar-refractivity contribution in [1.82, 2.24) is 10.1 Å². The molecule has 1 heterocycles. The van der Waals surface area contributed by atoms with Crippen LogP contribution < -0.4 is 5.73 Å². The maximum absolute atomic E-state index is 9.53. The zero-order valence-corrected chi connectivity index (χ0v) is 11.2. The molecule has 2 rings (SSSR count). The average Bonchev–Trinajstić information content (AvgIpc) is 2.87. The molecule has 1 atom stereocenters. The monoisotopic (exact) mass is 253 g/mol. The number of rotatable bonds is 4. The molecule has 1 aliphatic carbocycles. The van der Waals surface area contributed by atoms with Crippen molar-refractivity contribution in [2.75, 3.05) is 6.54 Å². The van der Waals surface area contributed by atoms with Crippen molar-refractivity contribution in [3.63, 3.8) is 0 Å². The van der Waals surface area contributed by atoms with E-state index in [0.29, 0.717) is 5.92 Å². The molecule has 0 aliphatic heterocycles. The first-order valence-electron chi connectivity index (χ1n) is 6.83.